The van der Waals surface area contributed by atoms with Crippen LogP contribution in [0.4, 0.5) is 5.82 Å². The van der Waals surface area contributed by atoms with Gasteiger partial charge in [-0.1, -0.05) is 18.2 Å². The number of nitrogens with zero attached hydrogens (tertiary/aromatic N) is 4. The summed E-state index contributed by atoms with van der Waals surface area (Å²) in [5.41, 5.74) is 6.41. The standard InChI is InChI=1S/C21H27N6O8P/c1-3-32-21(30)12(2)26-36(31,35-13-7-5-4-6-8-13)33-9-14-16(28)17(29)20(34-14)27-11-25-15-18(22)23-10-24-19(15)27/h4-8,10-12,14,16-17,20,28-29H,3,9H2,1-2H3,(H,26,31)(H2,22,23,24)/t12-,14+,16+,17+,20+,36?/m0/s1. The molecule has 0 spiro atoms. The first-order valence-electron chi connectivity index (χ1n) is 11.1. The summed E-state index contributed by atoms with van der Waals surface area (Å²) < 4.78 is 36.8. The van der Waals surface area contributed by atoms with Gasteiger partial charge in [0.05, 0.1) is 19.5 Å². The third kappa shape index (κ3) is 5.48. The number of esters is 1. The lowest BCUT2D eigenvalue weighted by molar-refractivity contribution is -0.144. The number of aromatic nitrogens is 4. The summed E-state index contributed by atoms with van der Waals surface area (Å²) in [5, 5.41) is 23.8. The van der Waals surface area contributed by atoms with Crippen molar-refractivity contribution >= 4 is 30.7 Å². The van der Waals surface area contributed by atoms with Crippen LogP contribution in [-0.2, 0) is 23.4 Å². The minimum absolute atomic E-state index is 0.135. The third-order valence-electron chi connectivity index (χ3n) is 5.37. The molecule has 4 rings (SSSR count). The smallest absolute Gasteiger partial charge is 0.459 e. The number of rotatable bonds is 10. The van der Waals surface area contributed by atoms with Gasteiger partial charge in [-0.3, -0.25) is 13.9 Å². The first kappa shape index (κ1) is 25.9. The zero-order chi connectivity index (χ0) is 25.9. The van der Waals surface area contributed by atoms with Crippen LogP contribution in [0.2, 0.25) is 0 Å². The molecule has 1 fully saturated rings. The minimum atomic E-state index is -4.18. The van der Waals surface area contributed by atoms with E-state index in [2.05, 4.69) is 20.0 Å². The monoisotopic (exact) mass is 522 g/mol. The molecule has 5 N–H and O–H groups in total. The number of aliphatic hydroxyl groups excluding tert-OH is 2. The van der Waals surface area contributed by atoms with Gasteiger partial charge in [0.25, 0.3) is 0 Å². The first-order valence-corrected chi connectivity index (χ1v) is 12.6. The molecule has 1 unspecified atom stereocenters. The van der Waals surface area contributed by atoms with Crippen molar-refractivity contribution in [3.8, 4) is 5.75 Å². The van der Waals surface area contributed by atoms with E-state index in [1.807, 2.05) is 0 Å². The number of carbonyl (C=O) groups is 1. The molecule has 0 saturated carbocycles. The number of ether oxygens (including phenoxy) is 2. The molecular formula is C21H27N6O8P. The average Bonchev–Trinajstić information content (AvgIpc) is 3.40. The molecule has 2 aromatic heterocycles. The van der Waals surface area contributed by atoms with Crippen LogP contribution in [-0.4, -0.2) is 73.3 Å². The summed E-state index contributed by atoms with van der Waals surface area (Å²) in [7, 11) is -4.18. The van der Waals surface area contributed by atoms with Gasteiger partial charge in [0.1, 0.15) is 41.9 Å². The Kier molecular flexibility index (Phi) is 7.83. The van der Waals surface area contributed by atoms with Crippen molar-refractivity contribution in [2.45, 2.75) is 44.4 Å². The number of fused-ring (bicyclic) bond motifs is 1. The predicted molar refractivity (Wildman–Crippen MR) is 126 cm³/mol. The fraction of sp³-hybridized carbons (Fsp3) is 0.429. The largest absolute Gasteiger partial charge is 0.465 e. The number of para-hydroxylation sites is 1. The summed E-state index contributed by atoms with van der Waals surface area (Å²) in [5.74, 6) is -0.288. The van der Waals surface area contributed by atoms with Crippen molar-refractivity contribution in [1.82, 2.24) is 24.6 Å². The second-order valence-electron chi connectivity index (χ2n) is 7.93. The van der Waals surface area contributed by atoms with Gasteiger partial charge in [-0.05, 0) is 26.0 Å². The Morgan fingerprint density at radius 2 is 2.00 bits per heavy atom. The van der Waals surface area contributed by atoms with Crippen LogP contribution in [0.3, 0.4) is 0 Å². The predicted octanol–water partition coefficient (Wildman–Crippen LogP) is 0.773. The van der Waals surface area contributed by atoms with Crippen LogP contribution < -0.4 is 15.3 Å². The lowest BCUT2D eigenvalue weighted by Crippen LogP contribution is -2.37. The number of nitrogen functional groups attached to an aromatic ring is 1. The van der Waals surface area contributed by atoms with E-state index in [9.17, 15) is 19.6 Å². The molecule has 1 saturated heterocycles. The van der Waals surface area contributed by atoms with E-state index >= 15 is 0 Å². The Hall–Kier alpha value is -3.13. The van der Waals surface area contributed by atoms with Gasteiger partial charge in [-0.2, -0.15) is 5.09 Å². The zero-order valence-corrected chi connectivity index (χ0v) is 20.4. The number of nitrogens with one attached hydrogen (secondary N) is 1. The zero-order valence-electron chi connectivity index (χ0n) is 19.5. The summed E-state index contributed by atoms with van der Waals surface area (Å²) in [6, 6.07) is 7.18. The highest BCUT2D eigenvalue weighted by Gasteiger charge is 2.46. The van der Waals surface area contributed by atoms with Crippen LogP contribution in [0.1, 0.15) is 20.1 Å². The van der Waals surface area contributed by atoms with E-state index in [4.69, 9.17) is 24.3 Å². The Bertz CT molecular complexity index is 1240. The molecule has 3 aromatic rings. The van der Waals surface area contributed by atoms with Crippen molar-refractivity contribution < 1.29 is 38.1 Å². The van der Waals surface area contributed by atoms with Crippen LogP contribution in [0, 0.1) is 0 Å². The van der Waals surface area contributed by atoms with Gasteiger partial charge in [0, 0.05) is 0 Å². The number of aliphatic hydroxyl groups is 2. The lowest BCUT2D eigenvalue weighted by Gasteiger charge is -2.24. The maximum atomic E-state index is 13.6. The lowest BCUT2D eigenvalue weighted by atomic mass is 10.1. The number of benzene rings is 1. The van der Waals surface area contributed by atoms with Gasteiger partial charge >= 0.3 is 13.7 Å². The highest BCUT2D eigenvalue weighted by atomic mass is 31.2. The normalized spacial score (nSPS) is 24.3. The first-order chi connectivity index (χ1) is 17.2. The molecule has 194 valence electrons. The van der Waals surface area contributed by atoms with Crippen LogP contribution in [0.5, 0.6) is 5.75 Å². The van der Waals surface area contributed by atoms with Crippen molar-refractivity contribution in [2.75, 3.05) is 18.9 Å². The molecule has 0 amide bonds. The van der Waals surface area contributed by atoms with Gasteiger partial charge < -0.3 is 29.9 Å². The van der Waals surface area contributed by atoms with Crippen LogP contribution in [0.15, 0.2) is 43.0 Å². The highest BCUT2D eigenvalue weighted by Crippen LogP contribution is 2.46. The van der Waals surface area contributed by atoms with Crippen molar-refractivity contribution in [3.05, 3.63) is 43.0 Å². The number of carbonyl (C=O) groups excluding carboxylic acids is 1. The molecule has 1 aliphatic rings. The number of hydrogen-bond acceptors (Lipinski definition) is 12. The SMILES string of the molecule is CCOC(=O)[C@H](C)NP(=O)(OC[C@H]1O[C@@H](n2cnc3c(N)ncnc32)[C@H](O)[C@@H]1O)Oc1ccccc1. The second-order valence-corrected chi connectivity index (χ2v) is 9.62. The molecule has 0 aliphatic carbocycles. The van der Waals surface area contributed by atoms with Gasteiger partial charge in [0.2, 0.25) is 0 Å². The van der Waals surface area contributed by atoms with E-state index in [0.29, 0.717) is 11.2 Å². The molecule has 6 atom stereocenters. The molecule has 14 nitrogen and oxygen atoms in total. The van der Waals surface area contributed by atoms with Crippen molar-refractivity contribution in [1.29, 1.82) is 0 Å². The number of nitrogens with two attached hydrogens (primary N) is 1. The Labute approximate surface area is 206 Å². The topological polar surface area (TPSA) is 193 Å². The Balaban J connectivity index is 1.50. The maximum absolute atomic E-state index is 13.6. The quantitative estimate of drug-likeness (QED) is 0.216. The molecule has 36 heavy (non-hydrogen) atoms. The summed E-state index contributed by atoms with van der Waals surface area (Å²) in [4.78, 5) is 24.2. The minimum Gasteiger partial charge on any atom is -0.465 e. The summed E-state index contributed by atoms with van der Waals surface area (Å²) in [6.45, 7) is 2.77. The Morgan fingerprint density at radius 1 is 1.25 bits per heavy atom. The molecule has 1 aliphatic heterocycles. The van der Waals surface area contributed by atoms with E-state index in [1.165, 1.54) is 24.1 Å². The molecule has 3 heterocycles. The summed E-state index contributed by atoms with van der Waals surface area (Å²) >= 11 is 0. The second kappa shape index (κ2) is 10.9. The van der Waals surface area contributed by atoms with Gasteiger partial charge in [0.15, 0.2) is 17.7 Å². The molecule has 15 heteroatoms. The number of anilines is 1. The molecule has 0 bridgehead atoms. The van der Waals surface area contributed by atoms with Gasteiger partial charge in [-0.25, -0.2) is 19.5 Å². The molecule has 1 aromatic carbocycles. The average molecular weight is 522 g/mol. The van der Waals surface area contributed by atoms with E-state index in [-0.39, 0.29) is 18.2 Å². The van der Waals surface area contributed by atoms with Crippen molar-refractivity contribution in [2.24, 2.45) is 0 Å². The van der Waals surface area contributed by atoms with Gasteiger partial charge in [-0.15, -0.1) is 0 Å². The van der Waals surface area contributed by atoms with Crippen LogP contribution in [0.25, 0.3) is 11.2 Å². The van der Waals surface area contributed by atoms with Crippen molar-refractivity contribution in [3.63, 3.8) is 0 Å². The molecule has 0 radical (unpaired) electrons. The van der Waals surface area contributed by atoms with E-state index in [0.717, 1.165) is 0 Å². The number of hydrogen-bond donors (Lipinski definition) is 4. The van der Waals surface area contributed by atoms with E-state index < -0.39 is 50.9 Å². The molecular weight excluding hydrogens is 495 g/mol. The fourth-order valence-corrected chi connectivity index (χ4v) is 5.09. The number of imidazole rings is 1. The summed E-state index contributed by atoms with van der Waals surface area (Å²) in [6.07, 6.45) is -2.43. The maximum Gasteiger partial charge on any atom is 0.459 e. The highest BCUT2D eigenvalue weighted by molar-refractivity contribution is 7.52. The third-order valence-corrected chi connectivity index (χ3v) is 7.01. The fourth-order valence-electron chi connectivity index (χ4n) is 3.59. The van der Waals surface area contributed by atoms with Crippen LogP contribution >= 0.6 is 7.75 Å². The Morgan fingerprint density at radius 3 is 2.72 bits per heavy atom. The van der Waals surface area contributed by atoms with E-state index in [1.54, 1.807) is 37.3 Å².